The first-order valence-corrected chi connectivity index (χ1v) is 6.27. The van der Waals surface area contributed by atoms with Crippen LogP contribution < -0.4 is 5.12 Å². The van der Waals surface area contributed by atoms with E-state index < -0.39 is 0 Å². The highest BCUT2D eigenvalue weighted by Crippen LogP contribution is 2.24. The highest BCUT2D eigenvalue weighted by atomic mass is 16.4. The third kappa shape index (κ3) is 2.25. The number of nitroso groups, excluding NO2 is 1. The monoisotopic (exact) mass is 267 g/mol. The number of benzene rings is 2. The van der Waals surface area contributed by atoms with Gasteiger partial charge in [-0.2, -0.15) is 5.01 Å². The number of amides is 1. The maximum absolute atomic E-state index is 12.0. The summed E-state index contributed by atoms with van der Waals surface area (Å²) in [6.45, 7) is 1.39. The Morgan fingerprint density at radius 2 is 1.50 bits per heavy atom. The number of hydrogen-bond donors (Lipinski definition) is 0. The van der Waals surface area contributed by atoms with Crippen LogP contribution >= 0.6 is 0 Å². The van der Waals surface area contributed by atoms with Gasteiger partial charge in [0.25, 0.3) is 0 Å². The number of carbonyl (C=O) groups excluding carboxylic acids is 1. The van der Waals surface area contributed by atoms with Crippen molar-refractivity contribution in [2.24, 2.45) is 0 Å². The Morgan fingerprint density at radius 3 is 2.15 bits per heavy atom. The van der Waals surface area contributed by atoms with Gasteiger partial charge in [-0.05, 0) is 22.8 Å². The first-order valence-electron chi connectivity index (χ1n) is 6.27. The van der Waals surface area contributed by atoms with E-state index in [0.29, 0.717) is 17.1 Å². The molecular formula is C15H13N3O2+. The summed E-state index contributed by atoms with van der Waals surface area (Å²) in [4.78, 5) is 24.4. The quantitative estimate of drug-likeness (QED) is 0.801. The molecule has 0 spiro atoms. The summed E-state index contributed by atoms with van der Waals surface area (Å²) in [5.41, 5.74) is 1.62. The molecule has 0 aliphatic carbocycles. The van der Waals surface area contributed by atoms with Crippen molar-refractivity contribution >= 4 is 11.6 Å². The molecule has 0 aromatic heterocycles. The van der Waals surface area contributed by atoms with Crippen LogP contribution in [-0.2, 0) is 11.3 Å². The number of rotatable bonds is 3. The molecular weight excluding hydrogens is 254 g/mol. The lowest BCUT2D eigenvalue weighted by molar-refractivity contribution is -0.519. The van der Waals surface area contributed by atoms with Crippen LogP contribution in [0.5, 0.6) is 0 Å². The van der Waals surface area contributed by atoms with E-state index in [1.807, 2.05) is 48.5 Å². The molecule has 1 radical (unpaired) electrons. The van der Waals surface area contributed by atoms with Gasteiger partial charge in [0.15, 0.2) is 4.87 Å². The van der Waals surface area contributed by atoms with Gasteiger partial charge in [-0.1, -0.05) is 48.5 Å². The third-order valence-corrected chi connectivity index (χ3v) is 3.05. The van der Waals surface area contributed by atoms with Crippen molar-refractivity contribution in [1.29, 1.82) is 0 Å². The highest BCUT2D eigenvalue weighted by molar-refractivity contribution is 5.85. The molecule has 0 saturated carbocycles. The van der Waals surface area contributed by atoms with Crippen LogP contribution in [0.1, 0.15) is 5.56 Å². The Morgan fingerprint density at radius 1 is 0.900 bits per heavy atom. The summed E-state index contributed by atoms with van der Waals surface area (Å²) in [6.07, 6.45) is 0. The van der Waals surface area contributed by atoms with Crippen molar-refractivity contribution in [2.75, 3.05) is 5.12 Å². The van der Waals surface area contributed by atoms with Crippen molar-refractivity contribution in [3.8, 4) is 0 Å². The predicted molar refractivity (Wildman–Crippen MR) is 73.8 cm³/mol. The SMILES string of the molecule is O=C1[CH][N+](=O)N(c2ccccc2)N1Cc1ccccc1. The van der Waals surface area contributed by atoms with Gasteiger partial charge in [0.2, 0.25) is 0 Å². The average molecular weight is 267 g/mol. The number of nitrogens with zero attached hydrogens (tertiary/aromatic N) is 3. The lowest BCUT2D eigenvalue weighted by Gasteiger charge is -2.20. The number of para-hydroxylation sites is 1. The molecule has 1 aliphatic heterocycles. The van der Waals surface area contributed by atoms with Gasteiger partial charge >= 0.3 is 12.5 Å². The third-order valence-electron chi connectivity index (χ3n) is 3.05. The van der Waals surface area contributed by atoms with Crippen LogP contribution in [0.15, 0.2) is 60.7 Å². The minimum atomic E-state index is -0.326. The topological polar surface area (TPSA) is 43.6 Å². The van der Waals surface area contributed by atoms with Gasteiger partial charge in [-0.25, -0.2) is 0 Å². The fourth-order valence-electron chi connectivity index (χ4n) is 2.13. The molecule has 3 rings (SSSR count). The van der Waals surface area contributed by atoms with Gasteiger partial charge in [-0.3, -0.25) is 4.79 Å². The first kappa shape index (κ1) is 12.3. The molecule has 1 aliphatic rings. The van der Waals surface area contributed by atoms with E-state index >= 15 is 0 Å². The maximum atomic E-state index is 12.0. The van der Waals surface area contributed by atoms with Gasteiger partial charge in [-0.15, -0.1) is 0 Å². The van der Waals surface area contributed by atoms with E-state index in [9.17, 15) is 9.70 Å². The number of hydrazine groups is 2. The Balaban J connectivity index is 1.91. The highest BCUT2D eigenvalue weighted by Gasteiger charge is 2.46. The fraction of sp³-hybridized carbons (Fsp3) is 0.0667. The molecule has 1 amide bonds. The Labute approximate surface area is 116 Å². The second-order valence-electron chi connectivity index (χ2n) is 4.44. The maximum Gasteiger partial charge on any atom is 0.392 e. The minimum Gasteiger partial charge on any atom is -0.264 e. The van der Waals surface area contributed by atoms with E-state index in [1.54, 1.807) is 12.1 Å². The van der Waals surface area contributed by atoms with Crippen LogP contribution in [0.2, 0.25) is 0 Å². The van der Waals surface area contributed by atoms with Crippen LogP contribution in [0.4, 0.5) is 5.69 Å². The summed E-state index contributed by atoms with van der Waals surface area (Å²) in [5.74, 6) is -0.326. The second kappa shape index (κ2) is 5.13. The minimum absolute atomic E-state index is 0.326. The summed E-state index contributed by atoms with van der Waals surface area (Å²) in [7, 11) is 0. The lowest BCUT2D eigenvalue weighted by Crippen LogP contribution is -2.40. The normalized spacial score (nSPS) is 15.0. The molecule has 1 fully saturated rings. The molecule has 5 heteroatoms. The second-order valence-corrected chi connectivity index (χ2v) is 4.44. The van der Waals surface area contributed by atoms with Crippen LogP contribution in [-0.4, -0.2) is 15.8 Å². The zero-order valence-electron chi connectivity index (χ0n) is 10.7. The molecule has 2 aromatic rings. The predicted octanol–water partition coefficient (Wildman–Crippen LogP) is 2.31. The number of anilines is 1. The van der Waals surface area contributed by atoms with Gasteiger partial charge in [0.05, 0.1) is 11.5 Å². The van der Waals surface area contributed by atoms with E-state index in [4.69, 9.17) is 0 Å². The Kier molecular flexibility index (Phi) is 3.16. The number of hydrogen-bond acceptors (Lipinski definition) is 2. The first-order chi connectivity index (χ1) is 9.75. The molecule has 0 N–H and O–H groups in total. The molecule has 0 bridgehead atoms. The van der Waals surface area contributed by atoms with Gasteiger partial charge < -0.3 is 0 Å². The van der Waals surface area contributed by atoms with Gasteiger partial charge in [0, 0.05) is 0 Å². The standard InChI is InChI=1S/C15H13N3O2/c19-15-12-17(20)18(14-9-5-2-6-10-14)16(15)11-13-7-3-1-4-8-13/h1-10,12H,11H2/q+1. The van der Waals surface area contributed by atoms with E-state index in [2.05, 4.69) is 0 Å². The zero-order chi connectivity index (χ0) is 13.9. The molecule has 1 heterocycles. The van der Waals surface area contributed by atoms with Crippen LogP contribution in [0.3, 0.4) is 0 Å². The van der Waals surface area contributed by atoms with Crippen molar-refractivity contribution in [2.45, 2.75) is 6.54 Å². The lowest BCUT2D eigenvalue weighted by atomic mass is 10.2. The van der Waals surface area contributed by atoms with Crippen molar-refractivity contribution < 1.29 is 9.66 Å². The van der Waals surface area contributed by atoms with E-state index in [-0.39, 0.29) is 5.91 Å². The summed E-state index contributed by atoms with van der Waals surface area (Å²) in [6, 6.07) is 18.7. The number of carbonyl (C=O) groups is 1. The van der Waals surface area contributed by atoms with Crippen molar-refractivity contribution in [1.82, 2.24) is 5.01 Å². The van der Waals surface area contributed by atoms with Crippen LogP contribution in [0, 0.1) is 11.5 Å². The fourth-order valence-corrected chi connectivity index (χ4v) is 2.13. The molecule has 2 aromatic carbocycles. The van der Waals surface area contributed by atoms with Crippen molar-refractivity contribution in [3.63, 3.8) is 0 Å². The molecule has 1 saturated heterocycles. The smallest absolute Gasteiger partial charge is 0.264 e. The molecule has 0 unspecified atom stereocenters. The van der Waals surface area contributed by atoms with Gasteiger partial charge in [0.1, 0.15) is 5.69 Å². The molecule has 0 atom stereocenters. The molecule has 99 valence electrons. The summed E-state index contributed by atoms with van der Waals surface area (Å²) >= 11 is 0. The van der Waals surface area contributed by atoms with E-state index in [1.165, 1.54) is 10.1 Å². The Hall–Kier alpha value is -2.69. The van der Waals surface area contributed by atoms with E-state index in [0.717, 1.165) is 12.1 Å². The summed E-state index contributed by atoms with van der Waals surface area (Å²) in [5, 5.41) is 2.74. The van der Waals surface area contributed by atoms with Crippen LogP contribution in [0.25, 0.3) is 0 Å². The van der Waals surface area contributed by atoms with Crippen molar-refractivity contribution in [3.05, 3.63) is 77.7 Å². The average Bonchev–Trinajstić information content (AvgIpc) is 2.75. The Bertz CT molecular complexity index is 628. The molecule has 5 nitrogen and oxygen atoms in total. The molecule has 20 heavy (non-hydrogen) atoms. The zero-order valence-corrected chi connectivity index (χ0v) is 10.7. The summed E-state index contributed by atoms with van der Waals surface area (Å²) < 4.78 is 0. The largest absolute Gasteiger partial charge is 0.392 e.